The van der Waals surface area contributed by atoms with E-state index in [9.17, 15) is 18.4 Å². The molecule has 8 nitrogen and oxygen atoms in total. The number of carbonyl (C=O) groups excluding carboxylic acids is 2. The van der Waals surface area contributed by atoms with E-state index in [4.69, 9.17) is 10.2 Å². The Kier molecular flexibility index (Phi) is 5.58. The van der Waals surface area contributed by atoms with Gasteiger partial charge in [-0.3, -0.25) is 14.3 Å². The van der Waals surface area contributed by atoms with Crippen LogP contribution in [0.2, 0.25) is 0 Å². The predicted molar refractivity (Wildman–Crippen MR) is 114 cm³/mol. The molecule has 0 aromatic carbocycles. The van der Waals surface area contributed by atoms with Crippen molar-refractivity contribution in [3.05, 3.63) is 51.4 Å². The first-order valence-electron chi connectivity index (χ1n) is 8.83. The molecule has 3 N–H and O–H groups in total. The number of aromatic nitrogens is 3. The van der Waals surface area contributed by atoms with Gasteiger partial charge in [0.15, 0.2) is 0 Å². The van der Waals surface area contributed by atoms with E-state index in [0.717, 1.165) is 15.8 Å². The maximum Gasteiger partial charge on any atom is 0.280 e. The summed E-state index contributed by atoms with van der Waals surface area (Å²) in [5, 5.41) is 7.16. The average molecular weight is 510 g/mol. The number of amides is 2. The summed E-state index contributed by atoms with van der Waals surface area (Å²) in [4.78, 5) is 28.8. The highest BCUT2D eigenvalue weighted by Gasteiger charge is 2.25. The number of nitrogens with zero attached hydrogens (tertiary/aromatic N) is 3. The van der Waals surface area contributed by atoms with E-state index in [1.165, 1.54) is 17.0 Å². The van der Waals surface area contributed by atoms with Crippen molar-refractivity contribution in [2.45, 2.75) is 19.9 Å². The van der Waals surface area contributed by atoms with Crippen LogP contribution in [0.4, 0.5) is 14.5 Å². The second-order valence-corrected chi connectivity index (χ2v) is 8.38. The molecule has 31 heavy (non-hydrogen) atoms. The number of halogens is 3. The van der Waals surface area contributed by atoms with Crippen molar-refractivity contribution in [2.24, 2.45) is 5.73 Å². The summed E-state index contributed by atoms with van der Waals surface area (Å²) in [6, 6.07) is 4.36. The molecule has 0 unspecified atom stereocenters. The van der Waals surface area contributed by atoms with Crippen LogP contribution in [0.25, 0.3) is 21.5 Å². The van der Waals surface area contributed by atoms with Crippen LogP contribution in [0.1, 0.15) is 27.5 Å². The van der Waals surface area contributed by atoms with E-state index < -0.39 is 23.9 Å². The number of fused-ring (bicyclic) bond motifs is 1. The number of nitrogens with two attached hydrogens (primary N) is 1. The van der Waals surface area contributed by atoms with Crippen LogP contribution < -0.4 is 11.1 Å². The molecule has 0 spiro atoms. The van der Waals surface area contributed by atoms with Gasteiger partial charge in [0, 0.05) is 17.1 Å². The van der Waals surface area contributed by atoms with Gasteiger partial charge in [-0.1, -0.05) is 0 Å². The van der Waals surface area contributed by atoms with Crippen molar-refractivity contribution in [1.82, 2.24) is 14.8 Å². The Balaban J connectivity index is 1.83. The van der Waals surface area contributed by atoms with Crippen LogP contribution in [-0.4, -0.2) is 26.6 Å². The zero-order valence-corrected chi connectivity index (χ0v) is 18.3. The Labute approximate surface area is 186 Å². The van der Waals surface area contributed by atoms with Crippen molar-refractivity contribution < 1.29 is 22.8 Å². The third-order valence-electron chi connectivity index (χ3n) is 4.37. The van der Waals surface area contributed by atoms with E-state index in [1.807, 2.05) is 0 Å². The number of carbonyl (C=O) groups is 2. The maximum atomic E-state index is 13.4. The fourth-order valence-electron chi connectivity index (χ4n) is 3.05. The van der Waals surface area contributed by atoms with Gasteiger partial charge in [-0.15, -0.1) is 11.3 Å². The lowest BCUT2D eigenvalue weighted by Crippen LogP contribution is -2.21. The zero-order chi connectivity index (χ0) is 22.3. The number of anilines is 1. The van der Waals surface area contributed by atoms with Gasteiger partial charge in [-0.05, 0) is 41.1 Å². The monoisotopic (exact) mass is 509 g/mol. The molecule has 0 atom stereocenters. The molecular formula is C19H14BrF2N5O3S. The Morgan fingerprint density at radius 1 is 1.42 bits per heavy atom. The van der Waals surface area contributed by atoms with Gasteiger partial charge in [-0.25, -0.2) is 13.8 Å². The highest BCUT2D eigenvalue weighted by atomic mass is 79.9. The van der Waals surface area contributed by atoms with E-state index in [2.05, 4.69) is 31.3 Å². The number of aryl methyl sites for hydroxylation is 1. The van der Waals surface area contributed by atoms with Gasteiger partial charge in [0.2, 0.25) is 5.91 Å². The second-order valence-electron chi connectivity index (χ2n) is 6.53. The molecule has 2 amide bonds. The van der Waals surface area contributed by atoms with E-state index >= 15 is 0 Å². The second kappa shape index (κ2) is 8.19. The van der Waals surface area contributed by atoms with Crippen LogP contribution >= 0.6 is 27.3 Å². The van der Waals surface area contributed by atoms with E-state index in [1.54, 1.807) is 25.3 Å². The fraction of sp³-hybridized carbons (Fsp3) is 0.158. The minimum atomic E-state index is -2.84. The largest absolute Gasteiger partial charge is 0.464 e. The molecule has 4 aromatic heterocycles. The van der Waals surface area contributed by atoms with Crippen LogP contribution in [0.15, 0.2) is 39.5 Å². The van der Waals surface area contributed by atoms with Gasteiger partial charge >= 0.3 is 0 Å². The summed E-state index contributed by atoms with van der Waals surface area (Å²) >= 11 is 4.15. The lowest BCUT2D eigenvalue weighted by atomic mass is 10.1. The average Bonchev–Trinajstić information content (AvgIpc) is 3.41. The molecule has 4 rings (SSSR count). The molecule has 0 saturated carbocycles. The minimum Gasteiger partial charge on any atom is -0.464 e. The highest BCUT2D eigenvalue weighted by Crippen LogP contribution is 2.42. The number of alkyl halides is 2. The van der Waals surface area contributed by atoms with Crippen molar-refractivity contribution in [3.63, 3.8) is 0 Å². The van der Waals surface area contributed by atoms with Gasteiger partial charge < -0.3 is 15.5 Å². The predicted octanol–water partition coefficient (Wildman–Crippen LogP) is 4.50. The summed E-state index contributed by atoms with van der Waals surface area (Å²) in [6.45, 7) is 1.64. The smallest absolute Gasteiger partial charge is 0.280 e. The minimum absolute atomic E-state index is 0.00658. The molecule has 0 bridgehead atoms. The molecule has 0 aliphatic heterocycles. The Hall–Kier alpha value is -3.12. The number of primary amides is 1. The molecule has 0 radical (unpaired) electrons. The van der Waals surface area contributed by atoms with Crippen LogP contribution in [0, 0.1) is 6.92 Å². The molecule has 0 fully saturated rings. The number of nitrogens with one attached hydrogen (secondary N) is 1. The molecule has 0 aliphatic rings. The van der Waals surface area contributed by atoms with Crippen LogP contribution in [0.5, 0.6) is 0 Å². The van der Waals surface area contributed by atoms with Gasteiger partial charge in [-0.2, -0.15) is 5.10 Å². The first-order chi connectivity index (χ1) is 14.7. The lowest BCUT2D eigenvalue weighted by molar-refractivity contribution is -0.116. The SMILES string of the molecule is Cc1nn(CC(=O)Nc2c(C(N)=O)sc3nc(C(F)F)cc(-c4ccco4)c23)cc1Br. The van der Waals surface area contributed by atoms with Gasteiger partial charge in [0.05, 0.1) is 22.1 Å². The van der Waals surface area contributed by atoms with Crippen LogP contribution in [-0.2, 0) is 11.3 Å². The van der Waals surface area contributed by atoms with Crippen LogP contribution in [0.3, 0.4) is 0 Å². The van der Waals surface area contributed by atoms with E-state index in [0.29, 0.717) is 11.1 Å². The van der Waals surface area contributed by atoms with Crippen molar-refractivity contribution in [3.8, 4) is 11.3 Å². The molecule has 4 heterocycles. The standard InChI is InChI=1S/C19H14BrF2N5O3S/c1-8-10(20)6-27(26-8)7-13(28)25-15-14-9(12-3-2-4-30-12)5-11(17(21)22)24-19(14)31-16(15)18(23)29/h2-6,17H,7H2,1H3,(H2,23,29)(H,25,28). The normalized spacial score (nSPS) is 11.4. The quantitative estimate of drug-likeness (QED) is 0.396. The van der Waals surface area contributed by atoms with Crippen molar-refractivity contribution >= 4 is 55.0 Å². The Morgan fingerprint density at radius 2 is 2.19 bits per heavy atom. The molecule has 160 valence electrons. The number of hydrogen-bond acceptors (Lipinski definition) is 6. The zero-order valence-electron chi connectivity index (χ0n) is 15.9. The maximum absolute atomic E-state index is 13.4. The van der Waals surface area contributed by atoms with E-state index in [-0.39, 0.29) is 33.3 Å². The summed E-state index contributed by atoms with van der Waals surface area (Å²) in [5.74, 6) is -1.02. The Morgan fingerprint density at radius 3 is 2.77 bits per heavy atom. The third-order valence-corrected chi connectivity index (χ3v) is 6.25. The summed E-state index contributed by atoms with van der Waals surface area (Å²) in [6.07, 6.45) is 0.193. The topological polar surface area (TPSA) is 116 Å². The molecular weight excluding hydrogens is 496 g/mol. The molecule has 0 saturated heterocycles. The Bertz CT molecular complexity index is 1280. The lowest BCUT2D eigenvalue weighted by Gasteiger charge is -2.09. The third kappa shape index (κ3) is 4.08. The first kappa shape index (κ1) is 21.1. The number of pyridine rings is 1. The van der Waals surface area contributed by atoms with Crippen molar-refractivity contribution in [2.75, 3.05) is 5.32 Å². The molecule has 0 aliphatic carbocycles. The number of hydrogen-bond donors (Lipinski definition) is 2. The fourth-order valence-corrected chi connectivity index (χ4v) is 4.38. The summed E-state index contributed by atoms with van der Waals surface area (Å²) in [5.41, 5.74) is 6.08. The summed E-state index contributed by atoms with van der Waals surface area (Å²) in [7, 11) is 0. The number of thiophene rings is 1. The molecule has 12 heteroatoms. The van der Waals surface area contributed by atoms with Gasteiger partial charge in [0.25, 0.3) is 12.3 Å². The number of furan rings is 1. The van der Waals surface area contributed by atoms with Gasteiger partial charge in [0.1, 0.15) is 27.7 Å². The van der Waals surface area contributed by atoms with Crippen molar-refractivity contribution in [1.29, 1.82) is 0 Å². The highest BCUT2D eigenvalue weighted by molar-refractivity contribution is 9.10. The summed E-state index contributed by atoms with van der Waals surface area (Å²) < 4.78 is 34.4. The first-order valence-corrected chi connectivity index (χ1v) is 10.4. The number of rotatable bonds is 6. The molecule has 4 aromatic rings.